The first-order valence-electron chi connectivity index (χ1n) is 5.85. The quantitative estimate of drug-likeness (QED) is 0.852. The average Bonchev–Trinajstić information content (AvgIpc) is 2.64. The lowest BCUT2D eigenvalue weighted by Crippen LogP contribution is -2.05. The summed E-state index contributed by atoms with van der Waals surface area (Å²) < 4.78 is 2.26. The SMILES string of the molecule is CNc1nc2ccccc2n1CCC(C)C. The van der Waals surface area contributed by atoms with Crippen LogP contribution in [0.15, 0.2) is 24.3 Å². The van der Waals surface area contributed by atoms with Crippen molar-refractivity contribution >= 4 is 17.0 Å². The van der Waals surface area contributed by atoms with E-state index in [0.717, 1.165) is 18.0 Å². The van der Waals surface area contributed by atoms with Gasteiger partial charge in [0.05, 0.1) is 11.0 Å². The monoisotopic (exact) mass is 217 g/mol. The Labute approximate surface area is 96.5 Å². The molecule has 3 heteroatoms. The first-order chi connectivity index (χ1) is 7.72. The minimum Gasteiger partial charge on any atom is -0.359 e. The maximum atomic E-state index is 4.56. The van der Waals surface area contributed by atoms with E-state index < -0.39 is 0 Å². The molecule has 0 aliphatic heterocycles. The van der Waals surface area contributed by atoms with Crippen LogP contribution in [0.25, 0.3) is 11.0 Å². The van der Waals surface area contributed by atoms with Crippen LogP contribution in [0.2, 0.25) is 0 Å². The number of fused-ring (bicyclic) bond motifs is 1. The van der Waals surface area contributed by atoms with Crippen molar-refractivity contribution < 1.29 is 0 Å². The lowest BCUT2D eigenvalue weighted by Gasteiger charge is -2.10. The van der Waals surface area contributed by atoms with Crippen molar-refractivity contribution in [2.24, 2.45) is 5.92 Å². The number of aryl methyl sites for hydroxylation is 1. The van der Waals surface area contributed by atoms with Crippen LogP contribution in [-0.2, 0) is 6.54 Å². The highest BCUT2D eigenvalue weighted by atomic mass is 15.2. The van der Waals surface area contributed by atoms with Crippen LogP contribution in [0.5, 0.6) is 0 Å². The number of anilines is 1. The fraction of sp³-hybridized carbons (Fsp3) is 0.462. The fourth-order valence-corrected chi connectivity index (χ4v) is 1.88. The zero-order valence-corrected chi connectivity index (χ0v) is 10.2. The van der Waals surface area contributed by atoms with Crippen LogP contribution < -0.4 is 5.32 Å². The van der Waals surface area contributed by atoms with Gasteiger partial charge in [-0.2, -0.15) is 0 Å². The van der Waals surface area contributed by atoms with Crippen LogP contribution in [-0.4, -0.2) is 16.6 Å². The van der Waals surface area contributed by atoms with E-state index >= 15 is 0 Å². The van der Waals surface area contributed by atoms with E-state index in [-0.39, 0.29) is 0 Å². The third-order valence-corrected chi connectivity index (χ3v) is 2.81. The maximum absolute atomic E-state index is 4.56. The van der Waals surface area contributed by atoms with E-state index in [2.05, 4.69) is 46.9 Å². The number of nitrogens with one attached hydrogen (secondary N) is 1. The Morgan fingerprint density at radius 2 is 2.06 bits per heavy atom. The smallest absolute Gasteiger partial charge is 0.203 e. The molecule has 0 unspecified atom stereocenters. The molecule has 3 nitrogen and oxygen atoms in total. The van der Waals surface area contributed by atoms with Crippen molar-refractivity contribution in [1.82, 2.24) is 9.55 Å². The Bertz CT molecular complexity index is 471. The molecule has 0 radical (unpaired) electrons. The van der Waals surface area contributed by atoms with Gasteiger partial charge in [-0.3, -0.25) is 0 Å². The summed E-state index contributed by atoms with van der Waals surface area (Å²) in [6.07, 6.45) is 1.18. The Morgan fingerprint density at radius 1 is 1.31 bits per heavy atom. The van der Waals surface area contributed by atoms with E-state index in [4.69, 9.17) is 0 Å². The third-order valence-electron chi connectivity index (χ3n) is 2.81. The van der Waals surface area contributed by atoms with Gasteiger partial charge < -0.3 is 9.88 Å². The van der Waals surface area contributed by atoms with Gasteiger partial charge in [0, 0.05) is 13.6 Å². The number of para-hydroxylation sites is 2. The van der Waals surface area contributed by atoms with Crippen LogP contribution in [0.1, 0.15) is 20.3 Å². The largest absolute Gasteiger partial charge is 0.359 e. The molecule has 0 atom stereocenters. The van der Waals surface area contributed by atoms with Gasteiger partial charge in [-0.25, -0.2) is 4.98 Å². The Morgan fingerprint density at radius 3 is 2.75 bits per heavy atom. The van der Waals surface area contributed by atoms with E-state index in [9.17, 15) is 0 Å². The van der Waals surface area contributed by atoms with Crippen molar-refractivity contribution in [2.45, 2.75) is 26.8 Å². The molecule has 2 rings (SSSR count). The second-order valence-electron chi connectivity index (χ2n) is 4.51. The number of imidazole rings is 1. The van der Waals surface area contributed by atoms with Gasteiger partial charge in [-0.05, 0) is 24.5 Å². The van der Waals surface area contributed by atoms with Gasteiger partial charge in [0.25, 0.3) is 0 Å². The Hall–Kier alpha value is -1.51. The lowest BCUT2D eigenvalue weighted by atomic mass is 10.1. The molecule has 0 saturated heterocycles. The van der Waals surface area contributed by atoms with Crippen molar-refractivity contribution in [1.29, 1.82) is 0 Å². The lowest BCUT2D eigenvalue weighted by molar-refractivity contribution is 0.525. The van der Waals surface area contributed by atoms with Gasteiger partial charge >= 0.3 is 0 Å². The van der Waals surface area contributed by atoms with Crippen LogP contribution in [0.4, 0.5) is 5.95 Å². The van der Waals surface area contributed by atoms with Gasteiger partial charge in [0.1, 0.15) is 0 Å². The second kappa shape index (κ2) is 4.56. The first-order valence-corrected chi connectivity index (χ1v) is 5.85. The third kappa shape index (κ3) is 2.03. The number of aromatic nitrogens is 2. The van der Waals surface area contributed by atoms with Gasteiger partial charge in [-0.15, -0.1) is 0 Å². The zero-order valence-electron chi connectivity index (χ0n) is 10.2. The highest BCUT2D eigenvalue weighted by Crippen LogP contribution is 2.20. The highest BCUT2D eigenvalue weighted by molar-refractivity contribution is 5.78. The zero-order chi connectivity index (χ0) is 11.5. The van der Waals surface area contributed by atoms with E-state index in [1.54, 1.807) is 0 Å². The first kappa shape index (κ1) is 11.0. The summed E-state index contributed by atoms with van der Waals surface area (Å²) in [6.45, 7) is 5.52. The fourth-order valence-electron chi connectivity index (χ4n) is 1.88. The van der Waals surface area contributed by atoms with Crippen molar-refractivity contribution in [3.8, 4) is 0 Å². The Balaban J connectivity index is 2.39. The molecule has 86 valence electrons. The number of hydrogen-bond acceptors (Lipinski definition) is 2. The van der Waals surface area contributed by atoms with Gasteiger partial charge in [-0.1, -0.05) is 26.0 Å². The van der Waals surface area contributed by atoms with Crippen LogP contribution in [0, 0.1) is 5.92 Å². The molecule has 0 aliphatic rings. The van der Waals surface area contributed by atoms with Crippen molar-refractivity contribution in [3.63, 3.8) is 0 Å². The number of hydrogen-bond donors (Lipinski definition) is 1. The molecular weight excluding hydrogens is 198 g/mol. The summed E-state index contributed by atoms with van der Waals surface area (Å²) in [4.78, 5) is 4.56. The van der Waals surface area contributed by atoms with Gasteiger partial charge in [0.2, 0.25) is 5.95 Å². The van der Waals surface area contributed by atoms with E-state index in [0.29, 0.717) is 5.92 Å². The van der Waals surface area contributed by atoms with Crippen molar-refractivity contribution in [3.05, 3.63) is 24.3 Å². The molecule has 2 aromatic rings. The topological polar surface area (TPSA) is 29.9 Å². The second-order valence-corrected chi connectivity index (χ2v) is 4.51. The molecule has 0 bridgehead atoms. The van der Waals surface area contributed by atoms with E-state index in [1.165, 1.54) is 11.9 Å². The molecule has 1 aromatic heterocycles. The number of benzene rings is 1. The molecule has 1 heterocycles. The normalized spacial score (nSPS) is 11.2. The van der Waals surface area contributed by atoms with Crippen LogP contribution in [0.3, 0.4) is 0 Å². The maximum Gasteiger partial charge on any atom is 0.203 e. The average molecular weight is 217 g/mol. The van der Waals surface area contributed by atoms with E-state index in [1.807, 2.05) is 13.1 Å². The summed E-state index contributed by atoms with van der Waals surface area (Å²) in [5.41, 5.74) is 2.28. The molecule has 0 saturated carbocycles. The standard InChI is InChI=1S/C13H19N3/c1-10(2)8-9-16-12-7-5-4-6-11(12)15-13(16)14-3/h4-7,10H,8-9H2,1-3H3,(H,14,15). The minimum atomic E-state index is 0.714. The summed E-state index contributed by atoms with van der Waals surface area (Å²) in [5.74, 6) is 1.67. The molecule has 0 spiro atoms. The summed E-state index contributed by atoms with van der Waals surface area (Å²) in [5, 5.41) is 3.16. The molecule has 0 amide bonds. The van der Waals surface area contributed by atoms with Gasteiger partial charge in [0.15, 0.2) is 0 Å². The molecule has 0 aliphatic carbocycles. The summed E-state index contributed by atoms with van der Waals surface area (Å²) in [7, 11) is 1.92. The van der Waals surface area contributed by atoms with Crippen molar-refractivity contribution in [2.75, 3.05) is 12.4 Å². The predicted octanol–water partition coefficient (Wildman–Crippen LogP) is 3.12. The molecule has 1 aromatic carbocycles. The number of rotatable bonds is 4. The molecular formula is C13H19N3. The summed E-state index contributed by atoms with van der Waals surface area (Å²) in [6, 6.07) is 8.28. The number of nitrogens with zero attached hydrogens (tertiary/aromatic N) is 2. The Kier molecular flexibility index (Phi) is 3.13. The molecule has 0 fully saturated rings. The summed E-state index contributed by atoms with van der Waals surface area (Å²) >= 11 is 0. The highest BCUT2D eigenvalue weighted by Gasteiger charge is 2.08. The van der Waals surface area contributed by atoms with Crippen LogP contribution >= 0.6 is 0 Å². The minimum absolute atomic E-state index is 0.714. The molecule has 16 heavy (non-hydrogen) atoms. The molecule has 1 N–H and O–H groups in total. The predicted molar refractivity (Wildman–Crippen MR) is 68.7 cm³/mol.